The van der Waals surface area contributed by atoms with Crippen molar-refractivity contribution in [3.8, 4) is 0 Å². The summed E-state index contributed by atoms with van der Waals surface area (Å²) in [6.07, 6.45) is -0.380. The van der Waals surface area contributed by atoms with Crippen LogP contribution in [-0.4, -0.2) is 53.5 Å². The summed E-state index contributed by atoms with van der Waals surface area (Å²) in [4.78, 5) is 16.2. The van der Waals surface area contributed by atoms with E-state index in [1.165, 1.54) is 0 Å². The van der Waals surface area contributed by atoms with Gasteiger partial charge in [-0.05, 0) is 45.9 Å². The highest BCUT2D eigenvalue weighted by molar-refractivity contribution is 6.30. The van der Waals surface area contributed by atoms with Crippen molar-refractivity contribution in [1.29, 1.82) is 0 Å². The summed E-state index contributed by atoms with van der Waals surface area (Å²) >= 11 is 6.07. The van der Waals surface area contributed by atoms with Crippen molar-refractivity contribution in [2.45, 2.75) is 45.4 Å². The molecule has 23 heavy (non-hydrogen) atoms. The number of piperazine rings is 1. The molecule has 0 aliphatic carbocycles. The largest absolute Gasteiger partial charge is 0.444 e. The molecule has 1 amide bonds. The van der Waals surface area contributed by atoms with Gasteiger partial charge in [-0.1, -0.05) is 17.7 Å². The molecule has 0 radical (unpaired) electrons. The van der Waals surface area contributed by atoms with Crippen LogP contribution < -0.4 is 4.90 Å². The molecule has 0 saturated carbocycles. The van der Waals surface area contributed by atoms with Gasteiger partial charge in [0.15, 0.2) is 0 Å². The highest BCUT2D eigenvalue weighted by Gasteiger charge is 2.36. The molecule has 0 bridgehead atoms. The quantitative estimate of drug-likeness (QED) is 0.898. The maximum absolute atomic E-state index is 12.4. The Morgan fingerprint density at radius 3 is 2.65 bits per heavy atom. The normalized spacial score (nSPS) is 22.2. The van der Waals surface area contributed by atoms with Crippen LogP contribution in [0.3, 0.4) is 0 Å². The molecule has 1 heterocycles. The Labute approximate surface area is 142 Å². The van der Waals surface area contributed by atoms with Gasteiger partial charge in [-0.2, -0.15) is 0 Å². The van der Waals surface area contributed by atoms with Crippen molar-refractivity contribution in [3.63, 3.8) is 0 Å². The Morgan fingerprint density at radius 2 is 2.09 bits per heavy atom. The van der Waals surface area contributed by atoms with Gasteiger partial charge in [-0.25, -0.2) is 4.79 Å². The predicted molar refractivity (Wildman–Crippen MR) is 92.1 cm³/mol. The number of carbonyl (C=O) groups excluding carboxylic acids is 1. The van der Waals surface area contributed by atoms with Gasteiger partial charge in [0, 0.05) is 29.8 Å². The third kappa shape index (κ3) is 4.52. The summed E-state index contributed by atoms with van der Waals surface area (Å²) in [5.74, 6) is 0. The number of carbonyl (C=O) groups is 1. The van der Waals surface area contributed by atoms with Crippen LogP contribution in [-0.2, 0) is 4.74 Å². The zero-order valence-corrected chi connectivity index (χ0v) is 14.9. The summed E-state index contributed by atoms with van der Waals surface area (Å²) in [6.45, 7) is 8.48. The number of halogens is 1. The average Bonchev–Trinajstić information content (AvgIpc) is 2.45. The Hall–Kier alpha value is -1.46. The number of anilines is 1. The Balaban J connectivity index is 2.16. The SMILES string of the molecule is CC1CN(C(=O)OC(C)(C)C)C(CO)CN1c1cccc(Cl)c1. The third-order valence-electron chi connectivity index (χ3n) is 3.82. The van der Waals surface area contributed by atoms with Gasteiger partial charge in [0.1, 0.15) is 5.60 Å². The number of aliphatic hydroxyl groups excluding tert-OH is 1. The molecule has 2 unspecified atom stereocenters. The molecular weight excluding hydrogens is 316 g/mol. The van der Waals surface area contributed by atoms with Gasteiger partial charge in [0.2, 0.25) is 0 Å². The standard InChI is InChI=1S/C17H25ClN2O3/c1-12-9-20(16(22)23-17(2,3)4)15(11-21)10-19(12)14-7-5-6-13(18)8-14/h5-8,12,15,21H,9-11H2,1-4H3. The van der Waals surface area contributed by atoms with Crippen LogP contribution in [0.1, 0.15) is 27.7 Å². The van der Waals surface area contributed by atoms with Crippen molar-refractivity contribution < 1.29 is 14.6 Å². The Morgan fingerprint density at radius 1 is 1.39 bits per heavy atom. The smallest absolute Gasteiger partial charge is 0.410 e. The number of ether oxygens (including phenoxy) is 1. The molecule has 0 spiro atoms. The van der Waals surface area contributed by atoms with Gasteiger partial charge < -0.3 is 14.7 Å². The van der Waals surface area contributed by atoms with Crippen molar-refractivity contribution >= 4 is 23.4 Å². The lowest BCUT2D eigenvalue weighted by Crippen LogP contribution is -2.61. The minimum Gasteiger partial charge on any atom is -0.444 e. The third-order valence-corrected chi connectivity index (χ3v) is 4.05. The van der Waals surface area contributed by atoms with Crippen LogP contribution in [0.4, 0.5) is 10.5 Å². The summed E-state index contributed by atoms with van der Waals surface area (Å²) < 4.78 is 5.45. The molecule has 1 aromatic carbocycles. The van der Waals surface area contributed by atoms with E-state index in [2.05, 4.69) is 4.90 Å². The van der Waals surface area contributed by atoms with Crippen molar-refractivity contribution in [1.82, 2.24) is 4.90 Å². The first-order valence-electron chi connectivity index (χ1n) is 7.84. The lowest BCUT2D eigenvalue weighted by molar-refractivity contribution is 0.00361. The molecule has 6 heteroatoms. The van der Waals surface area contributed by atoms with E-state index in [9.17, 15) is 9.90 Å². The van der Waals surface area contributed by atoms with E-state index >= 15 is 0 Å². The molecule has 1 fully saturated rings. The highest BCUT2D eigenvalue weighted by atomic mass is 35.5. The van der Waals surface area contributed by atoms with Crippen LogP contribution in [0.15, 0.2) is 24.3 Å². The van der Waals surface area contributed by atoms with E-state index in [1.54, 1.807) is 4.90 Å². The fraction of sp³-hybridized carbons (Fsp3) is 0.588. The Kier molecular flexibility index (Phi) is 5.42. The lowest BCUT2D eigenvalue weighted by atomic mass is 10.1. The molecule has 1 aliphatic rings. The first-order chi connectivity index (χ1) is 10.7. The fourth-order valence-corrected chi connectivity index (χ4v) is 2.94. The van der Waals surface area contributed by atoms with Crippen LogP contribution >= 0.6 is 11.6 Å². The second-order valence-electron chi connectivity index (χ2n) is 6.95. The van der Waals surface area contributed by atoms with Gasteiger partial charge >= 0.3 is 6.09 Å². The number of hydrogen-bond donors (Lipinski definition) is 1. The molecule has 5 nitrogen and oxygen atoms in total. The van der Waals surface area contributed by atoms with Crippen LogP contribution in [0, 0.1) is 0 Å². The monoisotopic (exact) mass is 340 g/mol. The first-order valence-corrected chi connectivity index (χ1v) is 8.22. The molecule has 1 N–H and O–H groups in total. The number of nitrogens with zero attached hydrogens (tertiary/aromatic N) is 2. The molecule has 0 aromatic heterocycles. The number of amides is 1. The maximum Gasteiger partial charge on any atom is 0.410 e. The van der Waals surface area contributed by atoms with Gasteiger partial charge in [-0.3, -0.25) is 4.90 Å². The molecule has 1 saturated heterocycles. The molecule has 128 valence electrons. The summed E-state index contributed by atoms with van der Waals surface area (Å²) in [5.41, 5.74) is 0.442. The second-order valence-corrected chi connectivity index (χ2v) is 7.39. The first kappa shape index (κ1) is 17.9. The zero-order valence-electron chi connectivity index (χ0n) is 14.1. The maximum atomic E-state index is 12.4. The van der Waals surface area contributed by atoms with Crippen LogP contribution in [0.5, 0.6) is 0 Å². The van der Waals surface area contributed by atoms with Crippen LogP contribution in [0.25, 0.3) is 0 Å². The number of aliphatic hydroxyl groups is 1. The van der Waals surface area contributed by atoms with Crippen LogP contribution in [0.2, 0.25) is 5.02 Å². The molecule has 2 atom stereocenters. The van der Waals surface area contributed by atoms with E-state index in [-0.39, 0.29) is 24.8 Å². The number of hydrogen-bond acceptors (Lipinski definition) is 4. The molecular formula is C17H25ClN2O3. The zero-order chi connectivity index (χ0) is 17.2. The molecule has 1 aromatic rings. The predicted octanol–water partition coefficient (Wildman–Crippen LogP) is 3.15. The number of benzene rings is 1. The van der Waals surface area contributed by atoms with Crippen molar-refractivity contribution in [2.24, 2.45) is 0 Å². The van der Waals surface area contributed by atoms with Crippen molar-refractivity contribution in [2.75, 3.05) is 24.6 Å². The van der Waals surface area contributed by atoms with E-state index < -0.39 is 5.60 Å². The second kappa shape index (κ2) is 6.97. The highest BCUT2D eigenvalue weighted by Crippen LogP contribution is 2.26. The fourth-order valence-electron chi connectivity index (χ4n) is 2.75. The number of rotatable bonds is 2. The van der Waals surface area contributed by atoms with E-state index in [0.29, 0.717) is 18.1 Å². The summed E-state index contributed by atoms with van der Waals surface area (Å²) in [5, 5.41) is 10.4. The topological polar surface area (TPSA) is 53.0 Å². The minimum absolute atomic E-state index is 0.101. The molecule has 2 rings (SSSR count). The van der Waals surface area contributed by atoms with Crippen molar-refractivity contribution in [3.05, 3.63) is 29.3 Å². The van der Waals surface area contributed by atoms with E-state index in [1.807, 2.05) is 52.0 Å². The Bertz CT molecular complexity index is 559. The lowest BCUT2D eigenvalue weighted by Gasteiger charge is -2.45. The minimum atomic E-state index is -0.551. The average molecular weight is 341 g/mol. The van der Waals surface area contributed by atoms with Gasteiger partial charge in [0.05, 0.1) is 12.6 Å². The van der Waals surface area contributed by atoms with E-state index in [4.69, 9.17) is 16.3 Å². The van der Waals surface area contributed by atoms with E-state index in [0.717, 1.165) is 5.69 Å². The van der Waals surface area contributed by atoms with Gasteiger partial charge in [-0.15, -0.1) is 0 Å². The summed E-state index contributed by atoms with van der Waals surface area (Å²) in [6, 6.07) is 7.41. The van der Waals surface area contributed by atoms with Gasteiger partial charge in [0.25, 0.3) is 0 Å². The molecule has 1 aliphatic heterocycles. The summed E-state index contributed by atoms with van der Waals surface area (Å²) in [7, 11) is 0.